The van der Waals surface area contributed by atoms with E-state index in [-0.39, 0.29) is 21.9 Å². The number of hydrogen-bond donors (Lipinski definition) is 5. The van der Waals surface area contributed by atoms with E-state index in [2.05, 4.69) is 359 Å². The predicted octanol–water partition coefficient (Wildman–Crippen LogP) is 20.3. The van der Waals surface area contributed by atoms with Crippen molar-refractivity contribution in [3.8, 4) is 0 Å². The molecule has 794 valence electrons. The lowest BCUT2D eigenvalue weighted by Gasteiger charge is -2.46. The topological polar surface area (TPSA) is 258 Å². The first-order valence-corrected chi connectivity index (χ1v) is 53.8. The Morgan fingerprint density at radius 3 is 0.896 bits per heavy atom. The number of likely N-dealkylation sites (tertiary alicyclic amines) is 8. The van der Waals surface area contributed by atoms with Crippen LogP contribution in [0.15, 0.2) is 53.7 Å². The van der Waals surface area contributed by atoms with Gasteiger partial charge in [0, 0.05) is 205 Å². The summed E-state index contributed by atoms with van der Waals surface area (Å²) in [6.07, 6.45) is 32.1. The van der Waals surface area contributed by atoms with E-state index in [0.29, 0.717) is 79.6 Å². The molecule has 10 aliphatic heterocycles. The van der Waals surface area contributed by atoms with Crippen LogP contribution in [0.2, 0.25) is 0 Å². The number of ether oxygens (including phenoxy) is 1. The number of aromatic nitrogens is 8. The third-order valence-corrected chi connectivity index (χ3v) is 27.4. The van der Waals surface area contributed by atoms with Crippen molar-refractivity contribution >= 4 is 11.3 Å². The quantitative estimate of drug-likeness (QED) is 0.110. The third-order valence-electron chi connectivity index (χ3n) is 26.2. The van der Waals surface area contributed by atoms with Crippen LogP contribution < -0.4 is 28.3 Å². The Labute approximate surface area is 838 Å². The van der Waals surface area contributed by atoms with Gasteiger partial charge in [-0.2, -0.15) is 4.80 Å². The highest BCUT2D eigenvalue weighted by atomic mass is 32.1. The van der Waals surface area contributed by atoms with Crippen LogP contribution in [0, 0.1) is 0 Å². The molecule has 10 aliphatic rings. The fourth-order valence-electron chi connectivity index (χ4n) is 16.2. The van der Waals surface area contributed by atoms with E-state index in [1.807, 2.05) is 44.9 Å². The van der Waals surface area contributed by atoms with Crippen molar-refractivity contribution in [3.63, 3.8) is 0 Å². The first kappa shape index (κ1) is 129. The Morgan fingerprint density at radius 2 is 0.667 bits per heavy atom. The van der Waals surface area contributed by atoms with Crippen molar-refractivity contribution in [2.45, 2.75) is 489 Å². The molecule has 2 unspecified atom stereocenters. The van der Waals surface area contributed by atoms with Gasteiger partial charge in [0.1, 0.15) is 6.26 Å². The highest BCUT2D eigenvalue weighted by Gasteiger charge is 2.35. The van der Waals surface area contributed by atoms with E-state index in [1.54, 1.807) is 28.6 Å². The standard InChI is InChI=1S/C10H21N.2C9H20N2.C9H19N.2C8H18N2.C8H17NO.C8H17N.C7H16N2.C7H12N2.C7H11NO.C7H11NS.C7H15N.C5H10N4/c1-10(2,3)11-8-6-4-5-7-9-11;1-9(2,3)11-6-4-8(10)5-7-11;1-9(2,3)11-6-4-5-8(10)7-11;1-9(2,3)10-7-5-4-6-8-10;1-8(2,3)10-6-4-9-5-7-10;1-8(2,3)10-5-4-7(9)6-10;1-8(2,3)9-4-6-10-7-5-9;1-8(2,3)9-6-4-5-7-9;1-7(2,3)9-4-6(8)5-9;1-7(2,3)9-5-4-8-6-9;1-7(2,3)6-4-9-5-8-6;1-7(2,3)6-8-4-5-9-6;1-7(2,3)8-5-4-6-8;1-5(2,3)9-7-4-6-8-9/h4-9H2,1-3H3;2*8H,4-7,10H2,1-3H3;4-8H2,1-3H3;9H,4-7H2,1-3H3;7H,4-6,9H2,1-3H3;4-7H2,1-3H3;4-7H2,1-3H3;6H,4-5,8H2,1-3H3;4-6H,1-3H3;2*4-5H,1-3H3;4-6H2,1-3H3;4H,1-3H3. The molecule has 2 atom stereocenters. The first-order chi connectivity index (χ1) is 61.5. The largest absolute Gasteiger partial charge is 0.451 e. The molecule has 10 fully saturated rings. The summed E-state index contributed by atoms with van der Waals surface area (Å²) in [7, 11) is 0. The van der Waals surface area contributed by atoms with Gasteiger partial charge >= 0.3 is 0 Å². The Morgan fingerprint density at radius 1 is 0.326 bits per heavy atom. The van der Waals surface area contributed by atoms with Gasteiger partial charge in [0.15, 0.2) is 12.7 Å². The van der Waals surface area contributed by atoms with E-state index in [0.717, 1.165) is 90.5 Å². The normalized spacial score (nSPS) is 21.2. The van der Waals surface area contributed by atoms with Crippen LogP contribution in [0.5, 0.6) is 0 Å². The summed E-state index contributed by atoms with van der Waals surface area (Å²) in [5, 5.41) is 17.8. The molecule has 0 aliphatic carbocycles. The lowest BCUT2D eigenvalue weighted by molar-refractivity contribution is -0.00389. The van der Waals surface area contributed by atoms with Crippen molar-refractivity contribution in [2.75, 3.05) is 157 Å². The number of nitrogens with zero attached hydrogens (tertiary/aromatic N) is 18. The predicted molar refractivity (Wildman–Crippen MR) is 584 cm³/mol. The van der Waals surface area contributed by atoms with E-state index < -0.39 is 0 Å². The molecule has 0 radical (unpaired) electrons. The summed E-state index contributed by atoms with van der Waals surface area (Å²) in [6, 6.07) is 1.71. The zero-order valence-electron chi connectivity index (χ0n) is 96.6. The summed E-state index contributed by atoms with van der Waals surface area (Å²) in [5.41, 5.74) is 28.2. The van der Waals surface area contributed by atoms with Gasteiger partial charge in [-0.15, -0.1) is 21.5 Å². The van der Waals surface area contributed by atoms with Crippen LogP contribution in [-0.4, -0.2) is 325 Å². The van der Waals surface area contributed by atoms with E-state index in [4.69, 9.17) is 32.1 Å². The van der Waals surface area contributed by atoms with Crippen molar-refractivity contribution in [3.05, 3.63) is 60.0 Å². The first-order valence-electron chi connectivity index (χ1n) is 52.9. The summed E-state index contributed by atoms with van der Waals surface area (Å²) in [6.45, 7) is 122. The van der Waals surface area contributed by atoms with Crippen molar-refractivity contribution in [2.24, 2.45) is 22.9 Å². The van der Waals surface area contributed by atoms with Crippen LogP contribution >= 0.6 is 11.3 Å². The van der Waals surface area contributed by atoms with Crippen LogP contribution in [0.1, 0.15) is 398 Å². The Kier molecular flexibility index (Phi) is 57.2. The molecular weight excluding hydrogens is 1700 g/mol. The summed E-state index contributed by atoms with van der Waals surface area (Å²) < 4.78 is 12.2. The third kappa shape index (κ3) is 58.7. The summed E-state index contributed by atoms with van der Waals surface area (Å²) >= 11 is 1.72. The number of hydrogen-bond acceptors (Lipinski definition) is 24. The fourth-order valence-corrected chi connectivity index (χ4v) is 16.9. The molecule has 14 rings (SSSR count). The van der Waals surface area contributed by atoms with E-state index in [9.17, 15) is 0 Å². The Balaban J connectivity index is 0.000000727. The number of nitrogens with two attached hydrogens (primary N) is 4. The number of piperazine rings is 1. The highest BCUT2D eigenvalue weighted by Crippen LogP contribution is 2.29. The van der Waals surface area contributed by atoms with Crippen molar-refractivity contribution < 1.29 is 9.15 Å². The number of tetrazole rings is 1. The number of morpholine rings is 1. The minimum absolute atomic E-state index is 0.0451. The number of piperidine rings is 3. The lowest BCUT2D eigenvalue weighted by atomic mass is 9.93. The van der Waals surface area contributed by atoms with Gasteiger partial charge in [-0.1, -0.05) is 60.8 Å². The van der Waals surface area contributed by atoms with Crippen LogP contribution in [0.3, 0.4) is 0 Å². The monoisotopic (exact) mass is 1920 g/mol. The second-order valence-electron chi connectivity index (χ2n) is 53.1. The molecular formula is C109H225N23O2S. The molecule has 0 spiro atoms. The number of rotatable bonds is 0. The van der Waals surface area contributed by atoms with Gasteiger partial charge in [0.05, 0.1) is 35.8 Å². The van der Waals surface area contributed by atoms with E-state index in [1.165, 1.54) is 186 Å². The van der Waals surface area contributed by atoms with Gasteiger partial charge in [-0.3, -0.25) is 49.0 Å². The minimum atomic E-state index is -0.0451. The molecule has 0 saturated carbocycles. The smallest absolute Gasteiger partial charge is 0.180 e. The lowest BCUT2D eigenvalue weighted by Crippen LogP contribution is -2.62. The Bertz CT molecular complexity index is 3180. The number of imidazole rings is 1. The molecule has 135 heavy (non-hydrogen) atoms. The maximum atomic E-state index is 5.88. The minimum Gasteiger partial charge on any atom is -0.451 e. The second-order valence-corrected chi connectivity index (χ2v) is 54.0. The fraction of sp³-hybridized carbons (Fsp3) is 0.908. The van der Waals surface area contributed by atoms with Crippen LogP contribution in [0.25, 0.3) is 0 Å². The molecule has 0 bridgehead atoms. The zero-order chi connectivity index (χ0) is 104. The highest BCUT2D eigenvalue weighted by molar-refractivity contribution is 7.09. The van der Waals surface area contributed by atoms with Gasteiger partial charge in [-0.25, -0.2) is 15.0 Å². The number of nitrogens with one attached hydrogen (secondary N) is 1. The average Bonchev–Trinajstić information content (AvgIpc) is 1.79. The SMILES string of the molecule is CC(C)(C)N1CC(N)C1.CC(C)(C)N1CCC(N)C1.CC(C)(C)N1CCC(N)CC1.CC(C)(C)N1CCC1.CC(C)(C)N1CCCC(N)C1.CC(C)(C)N1CCCC1.CC(C)(C)N1CCCCC1.CC(C)(C)N1CCCCCC1.CC(C)(C)N1CCNCC1.CC(C)(C)N1CCOCC1.CC(C)(C)c1cocn1.CC(C)(C)c1nccs1.CC(C)(C)n1ccnc1.CC(C)(C)n1ncnn1. The van der Waals surface area contributed by atoms with E-state index >= 15 is 0 Å². The van der Waals surface area contributed by atoms with Crippen molar-refractivity contribution in [1.82, 2.24) is 94.0 Å². The zero-order valence-corrected chi connectivity index (χ0v) is 97.4. The molecule has 4 aromatic rings. The molecule has 25 nitrogen and oxygen atoms in total. The molecule has 14 heterocycles. The van der Waals surface area contributed by atoms with Gasteiger partial charge in [-0.05, 0) is 390 Å². The molecule has 9 N–H and O–H groups in total. The van der Waals surface area contributed by atoms with Crippen molar-refractivity contribution in [1.29, 1.82) is 0 Å². The summed E-state index contributed by atoms with van der Waals surface area (Å²) in [4.78, 5) is 38.8. The summed E-state index contributed by atoms with van der Waals surface area (Å²) in [5.74, 6) is 0. The second kappa shape index (κ2) is 59.7. The molecule has 26 heteroatoms. The van der Waals surface area contributed by atoms with Crippen LogP contribution in [0.4, 0.5) is 0 Å². The maximum absolute atomic E-state index is 5.88. The average molecular weight is 1920 g/mol. The van der Waals surface area contributed by atoms with Gasteiger partial charge in [0.2, 0.25) is 0 Å². The molecule has 0 amide bonds. The maximum Gasteiger partial charge on any atom is 0.180 e. The van der Waals surface area contributed by atoms with Gasteiger partial charge in [0.25, 0.3) is 0 Å². The molecule has 10 saturated heterocycles. The number of thiazole rings is 1. The number of oxazole rings is 1. The van der Waals surface area contributed by atoms with Gasteiger partial charge < -0.3 is 42.0 Å². The Hall–Kier alpha value is -3.52. The molecule has 4 aromatic heterocycles. The molecule has 0 aromatic carbocycles. The van der Waals surface area contributed by atoms with Crippen LogP contribution in [-0.2, 0) is 26.6 Å².